The van der Waals surface area contributed by atoms with Crippen molar-refractivity contribution in [2.45, 2.75) is 26.4 Å². The van der Waals surface area contributed by atoms with Crippen LogP contribution < -0.4 is 10.6 Å². The van der Waals surface area contributed by atoms with E-state index in [9.17, 15) is 18.4 Å². The Morgan fingerprint density at radius 1 is 1.03 bits per heavy atom. The summed E-state index contributed by atoms with van der Waals surface area (Å²) >= 11 is 0. The molecule has 1 heterocycles. The van der Waals surface area contributed by atoms with Crippen molar-refractivity contribution in [3.05, 3.63) is 83.7 Å². The predicted molar refractivity (Wildman–Crippen MR) is 108 cm³/mol. The maximum Gasteiger partial charge on any atom is 0.257 e. The Bertz CT molecular complexity index is 1010. The largest absolute Gasteiger partial charge is 0.350 e. The standard InChI is InChI=1S/C22H22F2N4O2/c1-14(2)20(27-21(29)19-17(23)9-6-10-18(19)24)22(30)25-11-15-12-26-28(13-15)16-7-4-3-5-8-16/h3-10,12-14,20H,11H2,1-2H3,(H,25,30)(H,27,29). The molecule has 8 heteroatoms. The van der Waals surface area contributed by atoms with Gasteiger partial charge < -0.3 is 10.6 Å². The summed E-state index contributed by atoms with van der Waals surface area (Å²) in [6, 6.07) is 11.7. The lowest BCUT2D eigenvalue weighted by atomic mass is 10.0. The van der Waals surface area contributed by atoms with Gasteiger partial charge in [0.25, 0.3) is 5.91 Å². The van der Waals surface area contributed by atoms with Crippen LogP contribution in [0.25, 0.3) is 5.69 Å². The fraction of sp³-hybridized carbons (Fsp3) is 0.227. The Labute approximate surface area is 172 Å². The van der Waals surface area contributed by atoms with Crippen LogP contribution in [-0.2, 0) is 11.3 Å². The van der Waals surface area contributed by atoms with Crippen molar-refractivity contribution in [2.24, 2.45) is 5.92 Å². The highest BCUT2D eigenvalue weighted by molar-refractivity contribution is 5.98. The van der Waals surface area contributed by atoms with Gasteiger partial charge in [0.2, 0.25) is 5.91 Å². The van der Waals surface area contributed by atoms with Gasteiger partial charge in [0.05, 0.1) is 11.9 Å². The zero-order valence-corrected chi connectivity index (χ0v) is 16.6. The lowest BCUT2D eigenvalue weighted by Crippen LogP contribution is -2.49. The molecule has 3 aromatic rings. The van der Waals surface area contributed by atoms with E-state index in [1.807, 2.05) is 30.3 Å². The van der Waals surface area contributed by atoms with E-state index in [4.69, 9.17) is 0 Å². The maximum atomic E-state index is 13.9. The van der Waals surface area contributed by atoms with Gasteiger partial charge in [-0.3, -0.25) is 9.59 Å². The number of halogens is 2. The van der Waals surface area contributed by atoms with Crippen LogP contribution in [0.1, 0.15) is 29.8 Å². The van der Waals surface area contributed by atoms with E-state index in [0.29, 0.717) is 0 Å². The number of nitrogens with zero attached hydrogens (tertiary/aromatic N) is 2. The van der Waals surface area contributed by atoms with Gasteiger partial charge in [-0.25, -0.2) is 13.5 Å². The summed E-state index contributed by atoms with van der Waals surface area (Å²) in [5.74, 6) is -3.69. The smallest absolute Gasteiger partial charge is 0.257 e. The van der Waals surface area contributed by atoms with Crippen LogP contribution in [0, 0.1) is 17.6 Å². The van der Waals surface area contributed by atoms with E-state index >= 15 is 0 Å². The highest BCUT2D eigenvalue weighted by Gasteiger charge is 2.27. The van der Waals surface area contributed by atoms with Crippen LogP contribution in [0.4, 0.5) is 8.78 Å². The van der Waals surface area contributed by atoms with Gasteiger partial charge in [-0.05, 0) is 30.2 Å². The Kier molecular flexibility index (Phi) is 6.56. The van der Waals surface area contributed by atoms with Crippen molar-refractivity contribution >= 4 is 11.8 Å². The minimum atomic E-state index is -0.983. The molecule has 1 aromatic heterocycles. The van der Waals surface area contributed by atoms with Crippen molar-refractivity contribution in [2.75, 3.05) is 0 Å². The first-order chi connectivity index (χ1) is 14.4. The van der Waals surface area contributed by atoms with Gasteiger partial charge in [-0.15, -0.1) is 0 Å². The molecule has 0 aliphatic rings. The second kappa shape index (κ2) is 9.30. The number of aromatic nitrogens is 2. The first-order valence-electron chi connectivity index (χ1n) is 9.48. The van der Waals surface area contributed by atoms with Gasteiger partial charge >= 0.3 is 0 Å². The molecule has 0 radical (unpaired) electrons. The summed E-state index contributed by atoms with van der Waals surface area (Å²) < 4.78 is 29.4. The number of amides is 2. The van der Waals surface area contributed by atoms with Crippen molar-refractivity contribution in [1.29, 1.82) is 0 Å². The van der Waals surface area contributed by atoms with E-state index < -0.39 is 35.1 Å². The summed E-state index contributed by atoms with van der Waals surface area (Å²) in [5.41, 5.74) is 0.940. The first kappa shape index (κ1) is 21.2. The Morgan fingerprint density at radius 2 is 1.70 bits per heavy atom. The summed E-state index contributed by atoms with van der Waals surface area (Å²) in [4.78, 5) is 25.0. The van der Waals surface area contributed by atoms with Crippen LogP contribution in [-0.4, -0.2) is 27.6 Å². The summed E-state index contributed by atoms with van der Waals surface area (Å²) in [7, 11) is 0. The number of benzene rings is 2. The van der Waals surface area contributed by atoms with Crippen LogP contribution in [0.5, 0.6) is 0 Å². The van der Waals surface area contributed by atoms with Crippen LogP contribution in [0.15, 0.2) is 60.9 Å². The Balaban J connectivity index is 1.65. The van der Waals surface area contributed by atoms with Gasteiger partial charge in [0.1, 0.15) is 23.2 Å². The minimum absolute atomic E-state index is 0.193. The van der Waals surface area contributed by atoms with Crippen LogP contribution in [0.2, 0.25) is 0 Å². The first-order valence-corrected chi connectivity index (χ1v) is 9.48. The molecule has 1 unspecified atom stereocenters. The second-order valence-corrected chi connectivity index (χ2v) is 7.14. The molecule has 30 heavy (non-hydrogen) atoms. The molecule has 0 aliphatic carbocycles. The molecule has 2 amide bonds. The molecule has 0 aliphatic heterocycles. The fourth-order valence-corrected chi connectivity index (χ4v) is 2.94. The predicted octanol–water partition coefficient (Wildman–Crippen LogP) is 3.22. The Morgan fingerprint density at radius 3 is 2.33 bits per heavy atom. The molecule has 0 bridgehead atoms. The monoisotopic (exact) mass is 412 g/mol. The second-order valence-electron chi connectivity index (χ2n) is 7.14. The van der Waals surface area contributed by atoms with Gasteiger partial charge in [-0.2, -0.15) is 5.10 Å². The van der Waals surface area contributed by atoms with E-state index in [2.05, 4.69) is 15.7 Å². The van der Waals surface area contributed by atoms with E-state index in [1.54, 1.807) is 30.9 Å². The number of hydrogen-bond donors (Lipinski definition) is 2. The van der Waals surface area contributed by atoms with Crippen LogP contribution >= 0.6 is 0 Å². The lowest BCUT2D eigenvalue weighted by molar-refractivity contribution is -0.124. The molecule has 0 saturated heterocycles. The number of hydrogen-bond acceptors (Lipinski definition) is 3. The number of carbonyl (C=O) groups excluding carboxylic acids is 2. The van der Waals surface area contributed by atoms with Crippen molar-refractivity contribution in [3.8, 4) is 5.69 Å². The van der Waals surface area contributed by atoms with Gasteiger partial charge in [0.15, 0.2) is 0 Å². The summed E-state index contributed by atoms with van der Waals surface area (Å²) in [6.07, 6.45) is 3.41. The molecule has 2 aromatic carbocycles. The van der Waals surface area contributed by atoms with Gasteiger partial charge in [0, 0.05) is 18.3 Å². The third-order valence-corrected chi connectivity index (χ3v) is 4.55. The van der Waals surface area contributed by atoms with Crippen molar-refractivity contribution < 1.29 is 18.4 Å². The highest BCUT2D eigenvalue weighted by Crippen LogP contribution is 2.13. The molecule has 0 saturated carbocycles. The quantitative estimate of drug-likeness (QED) is 0.626. The molecule has 3 rings (SSSR count). The fourth-order valence-electron chi connectivity index (χ4n) is 2.94. The molecule has 6 nitrogen and oxygen atoms in total. The summed E-state index contributed by atoms with van der Waals surface area (Å²) in [6.45, 7) is 3.66. The minimum Gasteiger partial charge on any atom is -0.350 e. The third-order valence-electron chi connectivity index (χ3n) is 4.55. The topological polar surface area (TPSA) is 76.0 Å². The van der Waals surface area contributed by atoms with E-state index in [0.717, 1.165) is 23.4 Å². The summed E-state index contributed by atoms with van der Waals surface area (Å²) in [5, 5.41) is 9.43. The zero-order chi connectivity index (χ0) is 21.7. The van der Waals surface area contributed by atoms with E-state index in [1.165, 1.54) is 6.07 Å². The number of carbonyl (C=O) groups is 2. The van der Waals surface area contributed by atoms with E-state index in [-0.39, 0.29) is 12.5 Å². The van der Waals surface area contributed by atoms with Gasteiger partial charge in [-0.1, -0.05) is 38.1 Å². The molecule has 156 valence electrons. The highest BCUT2D eigenvalue weighted by atomic mass is 19.1. The molecular weight excluding hydrogens is 390 g/mol. The van der Waals surface area contributed by atoms with Crippen LogP contribution in [0.3, 0.4) is 0 Å². The Hall–Kier alpha value is -3.55. The van der Waals surface area contributed by atoms with Crippen molar-refractivity contribution in [1.82, 2.24) is 20.4 Å². The lowest BCUT2D eigenvalue weighted by Gasteiger charge is -2.22. The maximum absolute atomic E-state index is 13.9. The number of rotatable bonds is 7. The molecule has 0 spiro atoms. The molecule has 1 atom stereocenters. The zero-order valence-electron chi connectivity index (χ0n) is 16.6. The average molecular weight is 412 g/mol. The van der Waals surface area contributed by atoms with Crippen molar-refractivity contribution in [3.63, 3.8) is 0 Å². The normalized spacial score (nSPS) is 11.9. The number of para-hydroxylation sites is 1. The molecular formula is C22H22F2N4O2. The number of nitrogens with one attached hydrogen (secondary N) is 2. The third kappa shape index (κ3) is 4.89. The molecule has 2 N–H and O–H groups in total. The average Bonchev–Trinajstić information content (AvgIpc) is 3.19. The SMILES string of the molecule is CC(C)C(NC(=O)c1c(F)cccc1F)C(=O)NCc1cnn(-c2ccccc2)c1. The molecule has 0 fully saturated rings.